The summed E-state index contributed by atoms with van der Waals surface area (Å²) < 4.78 is 0. The predicted molar refractivity (Wildman–Crippen MR) is 63.8 cm³/mol. The first-order valence-corrected chi connectivity index (χ1v) is 5.55. The second-order valence-corrected chi connectivity index (χ2v) is 4.35. The van der Waals surface area contributed by atoms with Crippen LogP contribution in [0.2, 0.25) is 0 Å². The van der Waals surface area contributed by atoms with E-state index < -0.39 is 0 Å². The van der Waals surface area contributed by atoms with Crippen LogP contribution in [0.5, 0.6) is 0 Å². The summed E-state index contributed by atoms with van der Waals surface area (Å²) in [5, 5.41) is 12.6. The molecule has 0 aliphatic carbocycles. The van der Waals surface area contributed by atoms with Gasteiger partial charge in [-0.2, -0.15) is 0 Å². The fraction of sp³-hybridized carbons (Fsp3) is 0.538. The van der Waals surface area contributed by atoms with Gasteiger partial charge < -0.3 is 10.4 Å². The van der Waals surface area contributed by atoms with Crippen LogP contribution in [0.3, 0.4) is 0 Å². The molecule has 0 saturated heterocycles. The Kier molecular flexibility index (Phi) is 4.79. The molecular weight excluding hydrogens is 186 g/mol. The minimum Gasteiger partial charge on any atom is -0.393 e. The first-order valence-electron chi connectivity index (χ1n) is 5.55. The van der Waals surface area contributed by atoms with E-state index in [1.165, 1.54) is 11.1 Å². The molecule has 2 unspecified atom stereocenters. The van der Waals surface area contributed by atoms with E-state index >= 15 is 0 Å². The van der Waals surface area contributed by atoms with E-state index in [4.69, 9.17) is 0 Å². The highest BCUT2D eigenvalue weighted by Gasteiger charge is 2.04. The number of aliphatic hydroxyl groups is 1. The molecule has 1 aromatic rings. The number of rotatable bonds is 5. The maximum atomic E-state index is 9.22. The monoisotopic (exact) mass is 207 g/mol. The number of hydrogen-bond donors (Lipinski definition) is 2. The van der Waals surface area contributed by atoms with Crippen LogP contribution >= 0.6 is 0 Å². The van der Waals surface area contributed by atoms with Crippen LogP contribution in [0.25, 0.3) is 0 Å². The molecule has 2 heteroatoms. The molecule has 0 aliphatic heterocycles. The maximum Gasteiger partial charge on any atom is 0.0526 e. The second-order valence-electron chi connectivity index (χ2n) is 4.35. The van der Waals surface area contributed by atoms with E-state index in [0.717, 1.165) is 13.0 Å². The highest BCUT2D eigenvalue weighted by Crippen LogP contribution is 2.04. The Morgan fingerprint density at radius 3 is 2.33 bits per heavy atom. The molecule has 2 atom stereocenters. The third-order valence-electron chi connectivity index (χ3n) is 2.47. The first kappa shape index (κ1) is 12.2. The zero-order valence-electron chi connectivity index (χ0n) is 9.83. The van der Waals surface area contributed by atoms with Crippen LogP contribution in [-0.4, -0.2) is 17.3 Å². The van der Waals surface area contributed by atoms with Gasteiger partial charge in [-0.1, -0.05) is 29.8 Å². The van der Waals surface area contributed by atoms with Crippen molar-refractivity contribution in [2.75, 3.05) is 0 Å². The summed E-state index contributed by atoms with van der Waals surface area (Å²) in [5.41, 5.74) is 2.58. The van der Waals surface area contributed by atoms with E-state index in [9.17, 15) is 5.11 Å². The number of nitrogens with one attached hydrogen (secondary N) is 1. The van der Waals surface area contributed by atoms with Crippen LogP contribution < -0.4 is 5.32 Å². The maximum absolute atomic E-state index is 9.22. The summed E-state index contributed by atoms with van der Waals surface area (Å²) in [4.78, 5) is 0. The lowest BCUT2D eigenvalue weighted by atomic mass is 10.1. The smallest absolute Gasteiger partial charge is 0.0526 e. The van der Waals surface area contributed by atoms with Crippen LogP contribution in [-0.2, 0) is 6.54 Å². The molecule has 0 aromatic heterocycles. The zero-order chi connectivity index (χ0) is 11.3. The van der Waals surface area contributed by atoms with Gasteiger partial charge in [-0.3, -0.25) is 0 Å². The standard InChI is InChI=1S/C13H21NO/c1-10-4-6-13(7-5-10)9-14-11(2)8-12(3)15/h4-7,11-12,14-15H,8-9H2,1-3H3. The molecule has 0 fully saturated rings. The minimum atomic E-state index is -0.231. The molecular formula is C13H21NO. The molecule has 15 heavy (non-hydrogen) atoms. The van der Waals surface area contributed by atoms with Crippen molar-refractivity contribution in [2.45, 2.75) is 45.9 Å². The third-order valence-corrected chi connectivity index (χ3v) is 2.47. The Morgan fingerprint density at radius 1 is 1.20 bits per heavy atom. The topological polar surface area (TPSA) is 32.3 Å². The number of aryl methyl sites for hydroxylation is 1. The van der Waals surface area contributed by atoms with Gasteiger partial charge in [-0.05, 0) is 32.8 Å². The molecule has 1 aromatic carbocycles. The minimum absolute atomic E-state index is 0.231. The van der Waals surface area contributed by atoms with Gasteiger partial charge in [0, 0.05) is 12.6 Å². The zero-order valence-corrected chi connectivity index (χ0v) is 9.83. The third kappa shape index (κ3) is 4.96. The summed E-state index contributed by atoms with van der Waals surface area (Å²) >= 11 is 0. The molecule has 0 aliphatic rings. The van der Waals surface area contributed by atoms with Crippen molar-refractivity contribution in [1.82, 2.24) is 5.32 Å². The Balaban J connectivity index is 2.33. The molecule has 0 bridgehead atoms. The number of aliphatic hydroxyl groups excluding tert-OH is 1. The predicted octanol–water partition coefficient (Wildman–Crippen LogP) is 2.24. The average Bonchev–Trinajstić information content (AvgIpc) is 2.16. The molecule has 0 amide bonds. The van der Waals surface area contributed by atoms with Crippen LogP contribution in [0.15, 0.2) is 24.3 Å². The van der Waals surface area contributed by atoms with E-state index in [1.807, 2.05) is 6.92 Å². The molecule has 0 spiro atoms. The van der Waals surface area contributed by atoms with Crippen molar-refractivity contribution in [1.29, 1.82) is 0 Å². The Labute approximate surface area is 92.3 Å². The van der Waals surface area contributed by atoms with Gasteiger partial charge in [0.05, 0.1) is 6.10 Å². The SMILES string of the molecule is Cc1ccc(CNC(C)CC(C)O)cc1. The highest BCUT2D eigenvalue weighted by molar-refractivity contribution is 5.21. The van der Waals surface area contributed by atoms with Crippen molar-refractivity contribution in [2.24, 2.45) is 0 Å². The van der Waals surface area contributed by atoms with Gasteiger partial charge in [0.15, 0.2) is 0 Å². The molecule has 2 nitrogen and oxygen atoms in total. The lowest BCUT2D eigenvalue weighted by Gasteiger charge is -2.15. The largest absolute Gasteiger partial charge is 0.393 e. The lowest BCUT2D eigenvalue weighted by molar-refractivity contribution is 0.170. The number of hydrogen-bond acceptors (Lipinski definition) is 2. The van der Waals surface area contributed by atoms with Crippen molar-refractivity contribution in [3.63, 3.8) is 0 Å². The molecule has 0 heterocycles. The average molecular weight is 207 g/mol. The molecule has 1 rings (SSSR count). The van der Waals surface area contributed by atoms with Crippen LogP contribution in [0, 0.1) is 6.92 Å². The highest BCUT2D eigenvalue weighted by atomic mass is 16.3. The quantitative estimate of drug-likeness (QED) is 0.776. The van der Waals surface area contributed by atoms with Gasteiger partial charge in [0.25, 0.3) is 0 Å². The van der Waals surface area contributed by atoms with E-state index in [0.29, 0.717) is 6.04 Å². The van der Waals surface area contributed by atoms with E-state index in [2.05, 4.69) is 43.4 Å². The van der Waals surface area contributed by atoms with Gasteiger partial charge in [-0.15, -0.1) is 0 Å². The van der Waals surface area contributed by atoms with Gasteiger partial charge in [0.2, 0.25) is 0 Å². The fourth-order valence-corrected chi connectivity index (χ4v) is 1.59. The van der Waals surface area contributed by atoms with Gasteiger partial charge in [0.1, 0.15) is 0 Å². The molecule has 2 N–H and O–H groups in total. The van der Waals surface area contributed by atoms with Crippen molar-refractivity contribution in [3.8, 4) is 0 Å². The van der Waals surface area contributed by atoms with Gasteiger partial charge >= 0.3 is 0 Å². The second kappa shape index (κ2) is 5.89. The van der Waals surface area contributed by atoms with E-state index in [-0.39, 0.29) is 6.10 Å². The Bertz CT molecular complexity index is 279. The molecule has 0 saturated carbocycles. The molecule has 0 radical (unpaired) electrons. The Morgan fingerprint density at radius 2 is 1.80 bits per heavy atom. The summed E-state index contributed by atoms with van der Waals surface area (Å²) in [6, 6.07) is 8.87. The summed E-state index contributed by atoms with van der Waals surface area (Å²) in [5.74, 6) is 0. The van der Waals surface area contributed by atoms with Crippen LogP contribution in [0.4, 0.5) is 0 Å². The van der Waals surface area contributed by atoms with Crippen molar-refractivity contribution >= 4 is 0 Å². The number of benzene rings is 1. The van der Waals surface area contributed by atoms with Crippen molar-refractivity contribution < 1.29 is 5.11 Å². The summed E-state index contributed by atoms with van der Waals surface area (Å²) in [6.07, 6.45) is 0.566. The van der Waals surface area contributed by atoms with Gasteiger partial charge in [-0.25, -0.2) is 0 Å². The Hall–Kier alpha value is -0.860. The first-order chi connectivity index (χ1) is 7.08. The molecule has 84 valence electrons. The lowest BCUT2D eigenvalue weighted by Crippen LogP contribution is -2.28. The fourth-order valence-electron chi connectivity index (χ4n) is 1.59. The normalized spacial score (nSPS) is 14.9. The summed E-state index contributed by atoms with van der Waals surface area (Å²) in [7, 11) is 0. The van der Waals surface area contributed by atoms with E-state index in [1.54, 1.807) is 0 Å². The van der Waals surface area contributed by atoms with Crippen LogP contribution in [0.1, 0.15) is 31.4 Å². The van der Waals surface area contributed by atoms with Crippen molar-refractivity contribution in [3.05, 3.63) is 35.4 Å². The summed E-state index contributed by atoms with van der Waals surface area (Å²) in [6.45, 7) is 6.88.